The van der Waals surface area contributed by atoms with E-state index < -0.39 is 12.1 Å². The van der Waals surface area contributed by atoms with Crippen molar-refractivity contribution in [2.45, 2.75) is 38.7 Å². The third kappa shape index (κ3) is 6.42. The number of carbonyl (C=O) groups excluding carboxylic acids is 1. The van der Waals surface area contributed by atoms with E-state index in [2.05, 4.69) is 4.74 Å². The largest absolute Gasteiger partial charge is 0.479 e. The summed E-state index contributed by atoms with van der Waals surface area (Å²) in [5.41, 5.74) is 0. The zero-order chi connectivity index (χ0) is 11.0. The second-order valence-electron chi connectivity index (χ2n) is 2.90. The molecule has 0 radical (unpaired) electrons. The maximum atomic E-state index is 10.8. The Kier molecular flexibility index (Phi) is 6.74. The molecule has 0 aromatic rings. The summed E-state index contributed by atoms with van der Waals surface area (Å²) in [6.07, 6.45) is 0.182. The van der Waals surface area contributed by atoms with Gasteiger partial charge in [0, 0.05) is 6.42 Å². The number of hydrogen-bond acceptors (Lipinski definition) is 4. The zero-order valence-corrected chi connectivity index (χ0v) is 8.23. The van der Waals surface area contributed by atoms with E-state index >= 15 is 0 Å². The van der Waals surface area contributed by atoms with Gasteiger partial charge in [-0.1, -0.05) is 0 Å². The molecule has 5 nitrogen and oxygen atoms in total. The van der Waals surface area contributed by atoms with Gasteiger partial charge in [-0.25, -0.2) is 4.79 Å². The molecule has 2 N–H and O–H groups in total. The summed E-state index contributed by atoms with van der Waals surface area (Å²) in [7, 11) is 0. The van der Waals surface area contributed by atoms with Gasteiger partial charge in [0.05, 0.1) is 6.61 Å². The first kappa shape index (κ1) is 12.9. The summed E-state index contributed by atoms with van der Waals surface area (Å²) in [6, 6.07) is 0. The average Bonchev–Trinajstić information content (AvgIpc) is 2.12. The number of aliphatic hydroxyl groups excluding tert-OH is 1. The third-order valence-corrected chi connectivity index (χ3v) is 1.70. The molecular formula is C9H16O5. The summed E-state index contributed by atoms with van der Waals surface area (Å²) < 4.78 is 4.68. The number of carbonyl (C=O) groups is 2. The van der Waals surface area contributed by atoms with Crippen LogP contribution in [0.15, 0.2) is 0 Å². The van der Waals surface area contributed by atoms with E-state index in [-0.39, 0.29) is 18.8 Å². The fourth-order valence-corrected chi connectivity index (χ4v) is 0.964. The molecule has 0 aromatic carbocycles. The Morgan fingerprint density at radius 1 is 1.36 bits per heavy atom. The van der Waals surface area contributed by atoms with Crippen molar-refractivity contribution in [1.29, 1.82) is 0 Å². The first-order chi connectivity index (χ1) is 6.57. The minimum absolute atomic E-state index is 0.175. The van der Waals surface area contributed by atoms with Crippen LogP contribution >= 0.6 is 0 Å². The lowest BCUT2D eigenvalue weighted by atomic mass is 10.1. The highest BCUT2D eigenvalue weighted by molar-refractivity contribution is 5.71. The molecule has 0 heterocycles. The van der Waals surface area contributed by atoms with Crippen LogP contribution in [0.2, 0.25) is 0 Å². The standard InChI is InChI=1S/C9H16O5/c1-2-14-8(11)6-4-3-5-7(10)9(12)13/h7,10H,2-6H2,1H3,(H,12,13). The van der Waals surface area contributed by atoms with Crippen LogP contribution < -0.4 is 0 Å². The highest BCUT2D eigenvalue weighted by Gasteiger charge is 2.12. The van der Waals surface area contributed by atoms with Crippen molar-refractivity contribution in [3.05, 3.63) is 0 Å². The molecule has 0 aromatic heterocycles. The Morgan fingerprint density at radius 3 is 2.50 bits per heavy atom. The number of carboxylic acid groups (broad SMARTS) is 1. The van der Waals surface area contributed by atoms with Crippen LogP contribution in [-0.4, -0.2) is 34.9 Å². The molecule has 82 valence electrons. The Morgan fingerprint density at radius 2 is 2.00 bits per heavy atom. The van der Waals surface area contributed by atoms with Gasteiger partial charge in [0.15, 0.2) is 6.10 Å². The van der Waals surface area contributed by atoms with Gasteiger partial charge in [-0.3, -0.25) is 4.79 Å². The molecule has 5 heteroatoms. The number of aliphatic carboxylic acids is 1. The molecule has 0 aliphatic heterocycles. The maximum Gasteiger partial charge on any atom is 0.332 e. The van der Waals surface area contributed by atoms with Gasteiger partial charge < -0.3 is 14.9 Å². The van der Waals surface area contributed by atoms with Crippen molar-refractivity contribution in [1.82, 2.24) is 0 Å². The number of ether oxygens (including phenoxy) is 1. The van der Waals surface area contributed by atoms with E-state index in [0.717, 1.165) is 0 Å². The van der Waals surface area contributed by atoms with Gasteiger partial charge in [0.2, 0.25) is 0 Å². The predicted molar refractivity (Wildman–Crippen MR) is 48.7 cm³/mol. The van der Waals surface area contributed by atoms with Crippen LogP contribution in [-0.2, 0) is 14.3 Å². The van der Waals surface area contributed by atoms with Crippen molar-refractivity contribution in [2.24, 2.45) is 0 Å². The second kappa shape index (κ2) is 7.32. The number of hydrogen-bond donors (Lipinski definition) is 2. The summed E-state index contributed by atoms with van der Waals surface area (Å²) in [6.45, 7) is 2.09. The van der Waals surface area contributed by atoms with Crippen molar-refractivity contribution < 1.29 is 24.5 Å². The molecule has 0 saturated carbocycles. The fourth-order valence-electron chi connectivity index (χ4n) is 0.964. The lowest BCUT2D eigenvalue weighted by molar-refractivity contribution is -0.146. The first-order valence-electron chi connectivity index (χ1n) is 4.64. The minimum Gasteiger partial charge on any atom is -0.479 e. The first-order valence-corrected chi connectivity index (χ1v) is 4.64. The lowest BCUT2D eigenvalue weighted by Crippen LogP contribution is -2.19. The Balaban J connectivity index is 3.37. The van der Waals surface area contributed by atoms with Gasteiger partial charge in [0.1, 0.15) is 0 Å². The van der Waals surface area contributed by atoms with E-state index in [9.17, 15) is 9.59 Å². The third-order valence-electron chi connectivity index (χ3n) is 1.70. The SMILES string of the molecule is CCOC(=O)CCCCC(O)C(=O)O. The molecule has 0 fully saturated rings. The quantitative estimate of drug-likeness (QED) is 0.467. The molecule has 14 heavy (non-hydrogen) atoms. The van der Waals surface area contributed by atoms with Gasteiger partial charge in [0.25, 0.3) is 0 Å². The predicted octanol–water partition coefficient (Wildman–Crippen LogP) is 0.555. The van der Waals surface area contributed by atoms with Crippen LogP contribution in [0.3, 0.4) is 0 Å². The van der Waals surface area contributed by atoms with Gasteiger partial charge >= 0.3 is 11.9 Å². The molecule has 0 amide bonds. The average molecular weight is 204 g/mol. The van der Waals surface area contributed by atoms with E-state index in [4.69, 9.17) is 10.2 Å². The number of rotatable bonds is 7. The van der Waals surface area contributed by atoms with Crippen molar-refractivity contribution in [2.75, 3.05) is 6.61 Å². The number of esters is 1. The number of carboxylic acids is 1. The summed E-state index contributed by atoms with van der Waals surface area (Å²) in [5, 5.41) is 17.2. The highest BCUT2D eigenvalue weighted by Crippen LogP contribution is 2.04. The van der Waals surface area contributed by atoms with Crippen LogP contribution in [0.1, 0.15) is 32.6 Å². The summed E-state index contributed by atoms with van der Waals surface area (Å²) in [4.78, 5) is 21.0. The Bertz CT molecular complexity index is 190. The molecule has 0 rings (SSSR count). The minimum atomic E-state index is -1.32. The van der Waals surface area contributed by atoms with Crippen molar-refractivity contribution in [3.63, 3.8) is 0 Å². The number of aliphatic hydroxyl groups is 1. The van der Waals surface area contributed by atoms with Crippen molar-refractivity contribution in [3.8, 4) is 0 Å². The molecular weight excluding hydrogens is 188 g/mol. The van der Waals surface area contributed by atoms with Crippen LogP contribution in [0.25, 0.3) is 0 Å². The van der Waals surface area contributed by atoms with Gasteiger partial charge in [-0.15, -0.1) is 0 Å². The summed E-state index contributed by atoms with van der Waals surface area (Å²) >= 11 is 0. The van der Waals surface area contributed by atoms with Gasteiger partial charge in [-0.05, 0) is 26.2 Å². The Hall–Kier alpha value is -1.10. The monoisotopic (exact) mass is 204 g/mol. The van der Waals surface area contributed by atoms with Crippen molar-refractivity contribution >= 4 is 11.9 Å². The smallest absolute Gasteiger partial charge is 0.332 e. The molecule has 1 unspecified atom stereocenters. The molecule has 0 aliphatic carbocycles. The van der Waals surface area contributed by atoms with Crippen LogP contribution in [0, 0.1) is 0 Å². The maximum absolute atomic E-state index is 10.8. The second-order valence-corrected chi connectivity index (χ2v) is 2.90. The lowest BCUT2D eigenvalue weighted by Gasteiger charge is -2.04. The molecule has 0 saturated heterocycles. The Labute approximate surface area is 82.7 Å². The zero-order valence-electron chi connectivity index (χ0n) is 8.23. The topological polar surface area (TPSA) is 83.8 Å². The highest BCUT2D eigenvalue weighted by atomic mass is 16.5. The van der Waals surface area contributed by atoms with E-state index in [1.54, 1.807) is 6.92 Å². The van der Waals surface area contributed by atoms with E-state index in [1.807, 2.05) is 0 Å². The normalized spacial score (nSPS) is 12.1. The molecule has 1 atom stereocenters. The van der Waals surface area contributed by atoms with Crippen LogP contribution in [0.4, 0.5) is 0 Å². The fraction of sp³-hybridized carbons (Fsp3) is 0.778. The summed E-state index contributed by atoms with van der Waals surface area (Å²) in [5.74, 6) is -1.50. The molecule has 0 bridgehead atoms. The van der Waals surface area contributed by atoms with Crippen LogP contribution in [0.5, 0.6) is 0 Å². The number of unbranched alkanes of at least 4 members (excludes halogenated alkanes) is 1. The van der Waals surface area contributed by atoms with E-state index in [1.165, 1.54) is 0 Å². The van der Waals surface area contributed by atoms with Gasteiger partial charge in [-0.2, -0.15) is 0 Å². The molecule has 0 spiro atoms. The molecule has 0 aliphatic rings. The van der Waals surface area contributed by atoms with E-state index in [0.29, 0.717) is 19.4 Å².